The molecule has 0 saturated carbocycles. The highest BCUT2D eigenvalue weighted by Gasteiger charge is 2.31. The number of hydrogen-bond acceptors (Lipinski definition) is 5. The molecule has 1 aromatic carbocycles. The second kappa shape index (κ2) is 6.76. The second-order valence-corrected chi connectivity index (χ2v) is 5.63. The first-order valence-corrected chi connectivity index (χ1v) is 7.47. The summed E-state index contributed by atoms with van der Waals surface area (Å²) in [5.41, 5.74) is 1.66. The van der Waals surface area contributed by atoms with E-state index >= 15 is 0 Å². The molecule has 1 heterocycles. The van der Waals surface area contributed by atoms with E-state index in [1.54, 1.807) is 12.1 Å². The molecule has 2 unspecified atom stereocenters. The molecule has 1 saturated heterocycles. The molecule has 6 heteroatoms. The van der Waals surface area contributed by atoms with Crippen molar-refractivity contribution in [1.82, 2.24) is 0 Å². The van der Waals surface area contributed by atoms with Crippen LogP contribution in [0.1, 0.15) is 26.7 Å². The van der Waals surface area contributed by atoms with Gasteiger partial charge in [0.15, 0.2) is 0 Å². The molecule has 0 radical (unpaired) electrons. The van der Waals surface area contributed by atoms with Crippen molar-refractivity contribution in [2.45, 2.75) is 32.7 Å². The topological polar surface area (TPSA) is 78.6 Å². The fraction of sp³-hybridized carbons (Fsp3) is 0.600. The SMILES string of the molecule is CCCNc1cc(N2CCC(C)C2CO)cc([N+](=O)[O-])c1. The molecule has 2 atom stereocenters. The van der Waals surface area contributed by atoms with Crippen LogP contribution in [-0.2, 0) is 0 Å². The summed E-state index contributed by atoms with van der Waals surface area (Å²) in [5, 5.41) is 23.9. The largest absolute Gasteiger partial charge is 0.394 e. The maximum Gasteiger partial charge on any atom is 0.273 e. The smallest absolute Gasteiger partial charge is 0.273 e. The summed E-state index contributed by atoms with van der Waals surface area (Å²) in [7, 11) is 0. The quantitative estimate of drug-likeness (QED) is 0.622. The van der Waals surface area contributed by atoms with Gasteiger partial charge in [-0.05, 0) is 24.8 Å². The summed E-state index contributed by atoms with van der Waals surface area (Å²) in [4.78, 5) is 12.8. The predicted octanol–water partition coefficient (Wildman–Crippen LogP) is 2.62. The highest BCUT2D eigenvalue weighted by atomic mass is 16.6. The summed E-state index contributed by atoms with van der Waals surface area (Å²) in [5.74, 6) is 0.390. The van der Waals surface area contributed by atoms with Gasteiger partial charge in [-0.15, -0.1) is 0 Å². The van der Waals surface area contributed by atoms with E-state index in [9.17, 15) is 15.2 Å². The van der Waals surface area contributed by atoms with Crippen molar-refractivity contribution in [3.63, 3.8) is 0 Å². The molecule has 1 aliphatic heterocycles. The lowest BCUT2D eigenvalue weighted by atomic mass is 10.0. The number of aliphatic hydroxyl groups is 1. The Balaban J connectivity index is 2.33. The third-order valence-corrected chi connectivity index (χ3v) is 4.09. The predicted molar refractivity (Wildman–Crippen MR) is 83.9 cm³/mol. The number of anilines is 2. The summed E-state index contributed by atoms with van der Waals surface area (Å²) >= 11 is 0. The van der Waals surface area contributed by atoms with E-state index in [0.29, 0.717) is 5.92 Å². The van der Waals surface area contributed by atoms with E-state index in [-0.39, 0.29) is 23.3 Å². The Hall–Kier alpha value is -1.82. The molecule has 6 nitrogen and oxygen atoms in total. The molecular weight excluding hydrogens is 270 g/mol. The van der Waals surface area contributed by atoms with Crippen molar-refractivity contribution in [2.24, 2.45) is 5.92 Å². The highest BCUT2D eigenvalue weighted by Crippen LogP contribution is 2.33. The van der Waals surface area contributed by atoms with Gasteiger partial charge in [0.25, 0.3) is 5.69 Å². The number of hydrogen-bond donors (Lipinski definition) is 2. The number of aliphatic hydroxyl groups excluding tert-OH is 1. The van der Waals surface area contributed by atoms with Crippen LogP contribution in [0.5, 0.6) is 0 Å². The van der Waals surface area contributed by atoms with Crippen LogP contribution in [0.3, 0.4) is 0 Å². The fourth-order valence-corrected chi connectivity index (χ4v) is 2.84. The van der Waals surface area contributed by atoms with Gasteiger partial charge in [-0.3, -0.25) is 10.1 Å². The van der Waals surface area contributed by atoms with Gasteiger partial charge in [0.05, 0.1) is 17.6 Å². The lowest BCUT2D eigenvalue weighted by molar-refractivity contribution is -0.384. The summed E-state index contributed by atoms with van der Waals surface area (Å²) in [6.07, 6.45) is 1.95. The molecule has 1 fully saturated rings. The van der Waals surface area contributed by atoms with Crippen LogP contribution >= 0.6 is 0 Å². The van der Waals surface area contributed by atoms with Gasteiger partial charge in [0, 0.05) is 36.6 Å². The van der Waals surface area contributed by atoms with Crippen molar-refractivity contribution in [3.8, 4) is 0 Å². The van der Waals surface area contributed by atoms with Gasteiger partial charge in [-0.25, -0.2) is 0 Å². The van der Waals surface area contributed by atoms with E-state index in [4.69, 9.17) is 0 Å². The Morgan fingerprint density at radius 1 is 1.48 bits per heavy atom. The van der Waals surface area contributed by atoms with Crippen molar-refractivity contribution in [2.75, 3.05) is 29.9 Å². The van der Waals surface area contributed by atoms with Crippen LogP contribution in [0.15, 0.2) is 18.2 Å². The van der Waals surface area contributed by atoms with Gasteiger partial charge >= 0.3 is 0 Å². The normalized spacial score (nSPS) is 21.6. The Morgan fingerprint density at radius 2 is 2.24 bits per heavy atom. The van der Waals surface area contributed by atoms with E-state index in [1.807, 2.05) is 6.07 Å². The molecule has 0 spiro atoms. The summed E-state index contributed by atoms with van der Waals surface area (Å²) < 4.78 is 0. The molecule has 1 aliphatic rings. The molecule has 2 rings (SSSR count). The Kier molecular flexibility index (Phi) is 5.01. The van der Waals surface area contributed by atoms with Crippen LogP contribution in [0.2, 0.25) is 0 Å². The molecule has 0 aliphatic carbocycles. The zero-order valence-electron chi connectivity index (χ0n) is 12.6. The first-order valence-electron chi connectivity index (χ1n) is 7.47. The van der Waals surface area contributed by atoms with Gasteiger partial charge in [0.1, 0.15) is 0 Å². The fourth-order valence-electron chi connectivity index (χ4n) is 2.84. The number of rotatable bonds is 6. The number of non-ortho nitro benzene ring substituents is 1. The van der Waals surface area contributed by atoms with Crippen molar-refractivity contribution < 1.29 is 10.0 Å². The van der Waals surface area contributed by atoms with Gasteiger partial charge in [0.2, 0.25) is 0 Å². The summed E-state index contributed by atoms with van der Waals surface area (Å²) in [6.45, 7) is 5.83. The number of nitrogens with one attached hydrogen (secondary N) is 1. The zero-order chi connectivity index (χ0) is 15.4. The highest BCUT2D eigenvalue weighted by molar-refractivity contribution is 5.65. The summed E-state index contributed by atoms with van der Waals surface area (Å²) in [6, 6.07) is 5.12. The second-order valence-electron chi connectivity index (χ2n) is 5.63. The Bertz CT molecular complexity index is 507. The van der Waals surface area contributed by atoms with E-state index in [0.717, 1.165) is 37.3 Å². The molecular formula is C15H23N3O3. The lowest BCUT2D eigenvalue weighted by Gasteiger charge is -2.27. The van der Waals surface area contributed by atoms with Crippen LogP contribution in [0.25, 0.3) is 0 Å². The van der Waals surface area contributed by atoms with Crippen LogP contribution in [0.4, 0.5) is 17.1 Å². The number of benzene rings is 1. The van der Waals surface area contributed by atoms with Gasteiger partial charge in [-0.1, -0.05) is 13.8 Å². The first kappa shape index (κ1) is 15.6. The van der Waals surface area contributed by atoms with Gasteiger partial charge < -0.3 is 15.3 Å². The maximum absolute atomic E-state index is 11.1. The van der Waals surface area contributed by atoms with Gasteiger partial charge in [-0.2, -0.15) is 0 Å². The van der Waals surface area contributed by atoms with Crippen LogP contribution in [0, 0.1) is 16.0 Å². The minimum absolute atomic E-state index is 0.0334. The number of nitro benzene ring substituents is 1. The average Bonchev–Trinajstić information content (AvgIpc) is 2.85. The first-order chi connectivity index (χ1) is 10.1. The van der Waals surface area contributed by atoms with Crippen molar-refractivity contribution in [1.29, 1.82) is 0 Å². The maximum atomic E-state index is 11.1. The number of nitrogens with zero attached hydrogens (tertiary/aromatic N) is 2. The number of nitro groups is 1. The van der Waals surface area contributed by atoms with Crippen molar-refractivity contribution >= 4 is 17.1 Å². The Labute approximate surface area is 124 Å². The molecule has 0 bridgehead atoms. The average molecular weight is 293 g/mol. The minimum Gasteiger partial charge on any atom is -0.394 e. The molecule has 0 aromatic heterocycles. The van der Waals surface area contributed by atoms with Crippen molar-refractivity contribution in [3.05, 3.63) is 28.3 Å². The molecule has 0 amide bonds. The minimum atomic E-state index is -0.367. The molecule has 21 heavy (non-hydrogen) atoms. The third kappa shape index (κ3) is 3.44. The zero-order valence-corrected chi connectivity index (χ0v) is 12.6. The monoisotopic (exact) mass is 293 g/mol. The van der Waals surface area contributed by atoms with E-state index in [2.05, 4.69) is 24.1 Å². The molecule has 1 aromatic rings. The van der Waals surface area contributed by atoms with Crippen LogP contribution in [-0.4, -0.2) is 35.8 Å². The third-order valence-electron chi connectivity index (χ3n) is 4.09. The van der Waals surface area contributed by atoms with E-state index in [1.165, 1.54) is 0 Å². The lowest BCUT2D eigenvalue weighted by Crippen LogP contribution is -2.35. The molecule has 116 valence electrons. The standard InChI is InChI=1S/C15H23N3O3/c1-3-5-16-12-7-13(9-14(8-12)18(20)21)17-6-4-11(2)15(17)10-19/h7-9,11,15-16,19H,3-6,10H2,1-2H3. The Morgan fingerprint density at radius 3 is 2.86 bits per heavy atom. The van der Waals surface area contributed by atoms with E-state index < -0.39 is 0 Å². The molecule has 2 N–H and O–H groups in total. The van der Waals surface area contributed by atoms with Crippen LogP contribution < -0.4 is 10.2 Å².